The van der Waals surface area contributed by atoms with E-state index in [0.717, 1.165) is 17.9 Å². The molecule has 1 aliphatic rings. The molecule has 0 saturated carbocycles. The Hall–Kier alpha value is -1.74. The van der Waals surface area contributed by atoms with E-state index in [1.54, 1.807) is 0 Å². The number of nitrogens with zero attached hydrogens (tertiary/aromatic N) is 1. The number of hydrogen-bond donors (Lipinski definition) is 0. The lowest BCUT2D eigenvalue weighted by Crippen LogP contribution is -2.31. The predicted octanol–water partition coefficient (Wildman–Crippen LogP) is 3.43. The first kappa shape index (κ1) is 12.3. The second-order valence-corrected chi connectivity index (χ2v) is 5.69. The van der Waals surface area contributed by atoms with Crippen LogP contribution in [-0.4, -0.2) is 23.1 Å². The van der Waals surface area contributed by atoms with Gasteiger partial charge in [0.1, 0.15) is 0 Å². The van der Waals surface area contributed by atoms with E-state index in [0.29, 0.717) is 6.54 Å². The smallest absolute Gasteiger partial charge is 0.254 e. The Morgan fingerprint density at radius 2 is 1.74 bits per heavy atom. The molecule has 0 aliphatic carbocycles. The van der Waals surface area contributed by atoms with E-state index in [9.17, 15) is 4.79 Å². The standard InChI is InChI=1S/C16H15NOS/c18-16(13-6-2-1-3-7-13)17-10-11-19-15-9-5-4-8-14(15)12-17/h1-9H,10-12H2. The van der Waals surface area contributed by atoms with Gasteiger partial charge in [0.2, 0.25) is 0 Å². The van der Waals surface area contributed by atoms with E-state index in [4.69, 9.17) is 0 Å². The molecule has 3 heteroatoms. The van der Waals surface area contributed by atoms with E-state index in [1.807, 2.05) is 53.1 Å². The van der Waals surface area contributed by atoms with E-state index in [2.05, 4.69) is 18.2 Å². The van der Waals surface area contributed by atoms with Crippen LogP contribution in [0.15, 0.2) is 59.5 Å². The highest BCUT2D eigenvalue weighted by atomic mass is 32.2. The van der Waals surface area contributed by atoms with Gasteiger partial charge in [0.05, 0.1) is 0 Å². The van der Waals surface area contributed by atoms with Crippen molar-refractivity contribution in [3.63, 3.8) is 0 Å². The van der Waals surface area contributed by atoms with Crippen LogP contribution in [0.5, 0.6) is 0 Å². The summed E-state index contributed by atoms with van der Waals surface area (Å²) in [5.74, 6) is 1.08. The van der Waals surface area contributed by atoms with Crippen LogP contribution in [0.1, 0.15) is 15.9 Å². The molecule has 0 unspecified atom stereocenters. The van der Waals surface area contributed by atoms with Crippen molar-refractivity contribution in [3.05, 3.63) is 65.7 Å². The highest BCUT2D eigenvalue weighted by Gasteiger charge is 2.19. The normalized spacial score (nSPS) is 14.6. The molecule has 0 fully saturated rings. The zero-order chi connectivity index (χ0) is 13.1. The average molecular weight is 269 g/mol. The SMILES string of the molecule is O=C(c1ccccc1)N1CCSc2ccccc2C1. The maximum Gasteiger partial charge on any atom is 0.254 e. The van der Waals surface area contributed by atoms with E-state index in [-0.39, 0.29) is 5.91 Å². The minimum atomic E-state index is 0.123. The Kier molecular flexibility index (Phi) is 3.56. The van der Waals surface area contributed by atoms with Crippen molar-refractivity contribution in [2.75, 3.05) is 12.3 Å². The van der Waals surface area contributed by atoms with Crippen LogP contribution in [0.25, 0.3) is 0 Å². The predicted molar refractivity (Wildman–Crippen MR) is 78.3 cm³/mol. The monoisotopic (exact) mass is 269 g/mol. The number of amides is 1. The lowest BCUT2D eigenvalue weighted by molar-refractivity contribution is 0.0754. The molecule has 0 aromatic heterocycles. The van der Waals surface area contributed by atoms with Gasteiger partial charge < -0.3 is 4.90 Å². The summed E-state index contributed by atoms with van der Waals surface area (Å²) >= 11 is 1.83. The number of fused-ring (bicyclic) bond motifs is 1. The number of rotatable bonds is 1. The van der Waals surface area contributed by atoms with Gasteiger partial charge in [-0.1, -0.05) is 36.4 Å². The molecule has 0 atom stereocenters. The molecule has 96 valence electrons. The molecule has 0 N–H and O–H groups in total. The van der Waals surface area contributed by atoms with Crippen molar-refractivity contribution in [1.29, 1.82) is 0 Å². The Balaban J connectivity index is 1.85. The summed E-state index contributed by atoms with van der Waals surface area (Å²) in [6.45, 7) is 1.50. The second kappa shape index (κ2) is 5.49. The molecule has 1 heterocycles. The largest absolute Gasteiger partial charge is 0.333 e. The molecule has 0 radical (unpaired) electrons. The average Bonchev–Trinajstić information content (AvgIpc) is 2.69. The van der Waals surface area contributed by atoms with Crippen LogP contribution in [-0.2, 0) is 6.54 Å². The van der Waals surface area contributed by atoms with Crippen LogP contribution in [0, 0.1) is 0 Å². The molecular weight excluding hydrogens is 254 g/mol. The van der Waals surface area contributed by atoms with E-state index >= 15 is 0 Å². The Bertz CT molecular complexity index is 582. The molecule has 2 aromatic carbocycles. The fourth-order valence-corrected chi connectivity index (χ4v) is 3.29. The maximum absolute atomic E-state index is 12.5. The van der Waals surface area contributed by atoms with Gasteiger partial charge in [0.15, 0.2) is 0 Å². The Morgan fingerprint density at radius 3 is 2.58 bits per heavy atom. The number of hydrogen-bond acceptors (Lipinski definition) is 2. The molecule has 1 aliphatic heterocycles. The number of thioether (sulfide) groups is 1. The summed E-state index contributed by atoms with van der Waals surface area (Å²) in [4.78, 5) is 15.7. The molecule has 2 nitrogen and oxygen atoms in total. The summed E-state index contributed by atoms with van der Waals surface area (Å²) < 4.78 is 0. The summed E-state index contributed by atoms with van der Waals surface area (Å²) in [5, 5.41) is 0. The Morgan fingerprint density at radius 1 is 1.00 bits per heavy atom. The van der Waals surface area contributed by atoms with Crippen LogP contribution >= 0.6 is 11.8 Å². The first-order valence-corrected chi connectivity index (χ1v) is 7.38. The van der Waals surface area contributed by atoms with Gasteiger partial charge in [-0.2, -0.15) is 0 Å². The van der Waals surface area contributed by atoms with Crippen molar-refractivity contribution < 1.29 is 4.79 Å². The number of benzene rings is 2. The molecule has 1 amide bonds. The zero-order valence-electron chi connectivity index (χ0n) is 10.6. The van der Waals surface area contributed by atoms with Crippen LogP contribution in [0.3, 0.4) is 0 Å². The first-order valence-electron chi connectivity index (χ1n) is 6.39. The summed E-state index contributed by atoms with van der Waals surface area (Å²) in [6, 6.07) is 17.9. The highest BCUT2D eigenvalue weighted by molar-refractivity contribution is 7.99. The number of carbonyl (C=O) groups is 1. The van der Waals surface area contributed by atoms with Gasteiger partial charge >= 0.3 is 0 Å². The lowest BCUT2D eigenvalue weighted by atomic mass is 10.1. The first-order chi connectivity index (χ1) is 9.34. The topological polar surface area (TPSA) is 20.3 Å². The molecular formula is C16H15NOS. The number of carbonyl (C=O) groups excluding carboxylic acids is 1. The van der Waals surface area contributed by atoms with Gasteiger partial charge in [-0.3, -0.25) is 4.79 Å². The third kappa shape index (κ3) is 2.66. The van der Waals surface area contributed by atoms with Crippen LogP contribution < -0.4 is 0 Å². The quantitative estimate of drug-likeness (QED) is 0.790. The fourth-order valence-electron chi connectivity index (χ4n) is 2.26. The van der Waals surface area contributed by atoms with Gasteiger partial charge in [0, 0.05) is 29.3 Å². The molecule has 0 spiro atoms. The molecule has 2 aromatic rings. The molecule has 3 rings (SSSR count). The maximum atomic E-state index is 12.5. The third-order valence-corrected chi connectivity index (χ3v) is 4.36. The van der Waals surface area contributed by atoms with Crippen molar-refractivity contribution in [2.45, 2.75) is 11.4 Å². The van der Waals surface area contributed by atoms with Gasteiger partial charge in [-0.15, -0.1) is 11.8 Å². The van der Waals surface area contributed by atoms with Crippen LogP contribution in [0.4, 0.5) is 0 Å². The summed E-state index contributed by atoms with van der Waals surface area (Å²) in [5.41, 5.74) is 2.01. The minimum absolute atomic E-state index is 0.123. The van der Waals surface area contributed by atoms with Gasteiger partial charge in [-0.05, 0) is 23.8 Å². The zero-order valence-corrected chi connectivity index (χ0v) is 11.4. The third-order valence-electron chi connectivity index (χ3n) is 3.26. The van der Waals surface area contributed by atoms with Crippen molar-refractivity contribution in [1.82, 2.24) is 4.90 Å². The van der Waals surface area contributed by atoms with Crippen molar-refractivity contribution in [2.24, 2.45) is 0 Å². The fraction of sp³-hybridized carbons (Fsp3) is 0.188. The van der Waals surface area contributed by atoms with Crippen LogP contribution in [0.2, 0.25) is 0 Å². The molecule has 19 heavy (non-hydrogen) atoms. The minimum Gasteiger partial charge on any atom is -0.333 e. The molecule has 0 saturated heterocycles. The summed E-state index contributed by atoms with van der Waals surface area (Å²) in [7, 11) is 0. The van der Waals surface area contributed by atoms with E-state index in [1.165, 1.54) is 10.5 Å². The second-order valence-electron chi connectivity index (χ2n) is 4.55. The van der Waals surface area contributed by atoms with Gasteiger partial charge in [-0.25, -0.2) is 0 Å². The van der Waals surface area contributed by atoms with Crippen molar-refractivity contribution in [3.8, 4) is 0 Å². The lowest BCUT2D eigenvalue weighted by Gasteiger charge is -2.20. The summed E-state index contributed by atoms with van der Waals surface area (Å²) in [6.07, 6.45) is 0. The van der Waals surface area contributed by atoms with E-state index < -0.39 is 0 Å². The highest BCUT2D eigenvalue weighted by Crippen LogP contribution is 2.27. The van der Waals surface area contributed by atoms with Crippen molar-refractivity contribution >= 4 is 17.7 Å². The van der Waals surface area contributed by atoms with Gasteiger partial charge in [0.25, 0.3) is 5.91 Å². The molecule has 0 bridgehead atoms. The Labute approximate surface area is 117 Å².